The molecule has 2 aromatic heterocycles. The van der Waals surface area contributed by atoms with Crippen molar-refractivity contribution in [3.8, 4) is 0 Å². The molecule has 1 unspecified atom stereocenters. The van der Waals surface area contributed by atoms with E-state index in [1.807, 2.05) is 24.7 Å². The van der Waals surface area contributed by atoms with E-state index in [2.05, 4.69) is 20.8 Å². The van der Waals surface area contributed by atoms with Crippen molar-refractivity contribution in [2.75, 3.05) is 18.4 Å². The number of carbonyl (C=O) groups is 1. The molecule has 3 heterocycles. The fourth-order valence-corrected chi connectivity index (χ4v) is 2.73. The predicted molar refractivity (Wildman–Crippen MR) is 91.2 cm³/mol. The van der Waals surface area contributed by atoms with Gasteiger partial charge in [-0.1, -0.05) is 0 Å². The highest BCUT2D eigenvalue weighted by Gasteiger charge is 2.18. The van der Waals surface area contributed by atoms with Gasteiger partial charge in [-0.2, -0.15) is 10.2 Å². The second-order valence-corrected chi connectivity index (χ2v) is 5.89. The summed E-state index contributed by atoms with van der Waals surface area (Å²) in [7, 11) is 0. The normalized spacial score (nSPS) is 17.8. The molecular formula is C15H23ClN6O. The second-order valence-electron chi connectivity index (χ2n) is 5.89. The summed E-state index contributed by atoms with van der Waals surface area (Å²) < 4.78 is 3.67. The van der Waals surface area contributed by atoms with E-state index in [1.54, 1.807) is 23.0 Å². The number of carbonyl (C=O) groups excluding carboxylic acids is 1. The number of nitrogens with one attached hydrogen (secondary N) is 2. The van der Waals surface area contributed by atoms with Crippen LogP contribution in [0, 0.1) is 0 Å². The molecule has 1 saturated heterocycles. The molecule has 0 saturated carbocycles. The second kappa shape index (κ2) is 7.61. The Labute approximate surface area is 141 Å². The van der Waals surface area contributed by atoms with Crippen LogP contribution in [0.2, 0.25) is 0 Å². The number of nitrogens with zero attached hydrogens (tertiary/aromatic N) is 4. The van der Waals surface area contributed by atoms with E-state index in [4.69, 9.17) is 0 Å². The number of hydrogen-bond acceptors (Lipinski definition) is 4. The fourth-order valence-electron chi connectivity index (χ4n) is 2.73. The molecule has 2 N–H and O–H groups in total. The molecule has 3 rings (SSSR count). The van der Waals surface area contributed by atoms with Crippen LogP contribution in [0.15, 0.2) is 24.5 Å². The van der Waals surface area contributed by atoms with Crippen molar-refractivity contribution in [3.05, 3.63) is 30.2 Å². The van der Waals surface area contributed by atoms with Gasteiger partial charge in [-0.3, -0.25) is 9.48 Å². The summed E-state index contributed by atoms with van der Waals surface area (Å²) >= 11 is 0. The largest absolute Gasteiger partial charge is 0.315 e. The highest BCUT2D eigenvalue weighted by Crippen LogP contribution is 2.17. The third kappa shape index (κ3) is 3.92. The predicted octanol–water partition coefficient (Wildman–Crippen LogP) is 2.26. The van der Waals surface area contributed by atoms with Gasteiger partial charge in [-0.05, 0) is 39.3 Å². The standard InChI is InChI=1S/C15H22N6O.ClH/c1-11(2)21-14(5-8-17-21)18-15(22)13-6-9-20(19-13)12-4-3-7-16-10-12;/h5-6,8-9,11-12,16H,3-4,7,10H2,1-2H3,(H,18,22);1H. The van der Waals surface area contributed by atoms with Gasteiger partial charge in [0.15, 0.2) is 5.69 Å². The van der Waals surface area contributed by atoms with Crippen LogP contribution in [-0.2, 0) is 0 Å². The zero-order chi connectivity index (χ0) is 15.5. The van der Waals surface area contributed by atoms with E-state index < -0.39 is 0 Å². The van der Waals surface area contributed by atoms with Crippen LogP contribution in [0.25, 0.3) is 0 Å². The number of rotatable bonds is 4. The molecule has 0 bridgehead atoms. The Hall–Kier alpha value is -1.86. The molecule has 2 aromatic rings. The molecule has 1 aliphatic heterocycles. The Bertz CT molecular complexity index is 644. The van der Waals surface area contributed by atoms with Crippen LogP contribution in [-0.4, -0.2) is 38.6 Å². The number of amides is 1. The van der Waals surface area contributed by atoms with E-state index in [1.165, 1.54) is 0 Å². The van der Waals surface area contributed by atoms with E-state index in [-0.39, 0.29) is 24.4 Å². The number of hydrogen-bond donors (Lipinski definition) is 2. The molecular weight excluding hydrogens is 316 g/mol. The highest BCUT2D eigenvalue weighted by atomic mass is 35.5. The van der Waals surface area contributed by atoms with Gasteiger partial charge in [0.1, 0.15) is 5.82 Å². The van der Waals surface area contributed by atoms with Crippen LogP contribution in [0.5, 0.6) is 0 Å². The molecule has 1 amide bonds. The zero-order valence-corrected chi connectivity index (χ0v) is 14.2. The van der Waals surface area contributed by atoms with Crippen molar-refractivity contribution in [2.45, 2.75) is 38.8 Å². The molecule has 23 heavy (non-hydrogen) atoms. The Morgan fingerprint density at radius 1 is 1.43 bits per heavy atom. The van der Waals surface area contributed by atoms with Crippen molar-refractivity contribution >= 4 is 24.1 Å². The Balaban J connectivity index is 0.00000192. The SMILES string of the molecule is CC(C)n1nccc1NC(=O)c1ccn(C2CCCNC2)n1.Cl. The molecule has 126 valence electrons. The first-order valence-corrected chi connectivity index (χ1v) is 7.76. The van der Waals surface area contributed by atoms with Crippen LogP contribution in [0.4, 0.5) is 5.82 Å². The lowest BCUT2D eigenvalue weighted by Crippen LogP contribution is -2.32. The van der Waals surface area contributed by atoms with Gasteiger partial charge >= 0.3 is 0 Å². The fraction of sp³-hybridized carbons (Fsp3) is 0.533. The third-order valence-corrected chi connectivity index (χ3v) is 3.89. The number of anilines is 1. The summed E-state index contributed by atoms with van der Waals surface area (Å²) in [6.07, 6.45) is 5.80. The minimum absolute atomic E-state index is 0. The minimum Gasteiger partial charge on any atom is -0.315 e. The maximum atomic E-state index is 12.3. The molecule has 1 aliphatic rings. The summed E-state index contributed by atoms with van der Waals surface area (Å²) in [5.74, 6) is 0.485. The number of halogens is 1. The van der Waals surface area contributed by atoms with E-state index in [9.17, 15) is 4.79 Å². The minimum atomic E-state index is -0.204. The average molecular weight is 339 g/mol. The summed E-state index contributed by atoms with van der Waals surface area (Å²) in [5, 5.41) is 14.9. The highest BCUT2D eigenvalue weighted by molar-refractivity contribution is 6.02. The lowest BCUT2D eigenvalue weighted by atomic mass is 10.1. The van der Waals surface area contributed by atoms with Gasteiger partial charge in [-0.25, -0.2) is 4.68 Å². The topological polar surface area (TPSA) is 76.8 Å². The van der Waals surface area contributed by atoms with Crippen molar-refractivity contribution in [1.82, 2.24) is 24.9 Å². The van der Waals surface area contributed by atoms with Gasteiger partial charge in [0.2, 0.25) is 0 Å². The monoisotopic (exact) mass is 338 g/mol. The van der Waals surface area contributed by atoms with Crippen LogP contribution in [0.1, 0.15) is 49.3 Å². The quantitative estimate of drug-likeness (QED) is 0.896. The van der Waals surface area contributed by atoms with Gasteiger partial charge in [-0.15, -0.1) is 12.4 Å². The van der Waals surface area contributed by atoms with Gasteiger partial charge < -0.3 is 10.6 Å². The zero-order valence-electron chi connectivity index (χ0n) is 13.4. The molecule has 8 heteroatoms. The molecule has 1 atom stereocenters. The summed E-state index contributed by atoms with van der Waals surface area (Å²) in [6.45, 7) is 6.01. The maximum Gasteiger partial charge on any atom is 0.277 e. The van der Waals surface area contributed by atoms with Gasteiger partial charge in [0.25, 0.3) is 5.91 Å². The van der Waals surface area contributed by atoms with E-state index >= 15 is 0 Å². The first-order valence-electron chi connectivity index (χ1n) is 7.76. The lowest BCUT2D eigenvalue weighted by molar-refractivity contribution is 0.102. The third-order valence-electron chi connectivity index (χ3n) is 3.89. The smallest absolute Gasteiger partial charge is 0.277 e. The molecule has 0 spiro atoms. The molecule has 7 nitrogen and oxygen atoms in total. The van der Waals surface area contributed by atoms with Crippen molar-refractivity contribution < 1.29 is 4.79 Å². The Morgan fingerprint density at radius 2 is 2.26 bits per heavy atom. The number of piperidine rings is 1. The summed E-state index contributed by atoms with van der Waals surface area (Å²) in [6, 6.07) is 4.08. The summed E-state index contributed by atoms with van der Waals surface area (Å²) in [5.41, 5.74) is 0.432. The Morgan fingerprint density at radius 3 is 2.96 bits per heavy atom. The van der Waals surface area contributed by atoms with E-state index in [0.717, 1.165) is 25.9 Å². The van der Waals surface area contributed by atoms with Gasteiger partial charge in [0.05, 0.1) is 12.2 Å². The number of aromatic nitrogens is 4. The molecule has 0 radical (unpaired) electrons. The van der Waals surface area contributed by atoms with Crippen molar-refractivity contribution in [1.29, 1.82) is 0 Å². The summed E-state index contributed by atoms with van der Waals surface area (Å²) in [4.78, 5) is 12.3. The molecule has 0 aliphatic carbocycles. The van der Waals surface area contributed by atoms with Gasteiger partial charge in [0, 0.05) is 24.8 Å². The first kappa shape index (κ1) is 17.5. The first-order chi connectivity index (χ1) is 10.6. The lowest BCUT2D eigenvalue weighted by Gasteiger charge is -2.22. The maximum absolute atomic E-state index is 12.3. The average Bonchev–Trinajstić information content (AvgIpc) is 3.17. The van der Waals surface area contributed by atoms with Crippen LogP contribution < -0.4 is 10.6 Å². The Kier molecular flexibility index (Phi) is 5.79. The van der Waals surface area contributed by atoms with E-state index in [0.29, 0.717) is 17.6 Å². The molecule has 1 fully saturated rings. The van der Waals surface area contributed by atoms with Crippen molar-refractivity contribution in [2.24, 2.45) is 0 Å². The van der Waals surface area contributed by atoms with Crippen LogP contribution >= 0.6 is 12.4 Å². The van der Waals surface area contributed by atoms with Crippen LogP contribution in [0.3, 0.4) is 0 Å². The molecule has 0 aromatic carbocycles. The van der Waals surface area contributed by atoms with Crippen molar-refractivity contribution in [3.63, 3.8) is 0 Å².